The van der Waals surface area contributed by atoms with Gasteiger partial charge in [-0.25, -0.2) is 22.0 Å². The molecule has 1 heterocycles. The first-order chi connectivity index (χ1) is 9.43. The third-order valence-electron chi connectivity index (χ3n) is 2.72. The standard InChI is InChI=1S/C13H7BrF5N/c14-7(5-6-1-3-20-4-2-6)8-9(15)11(17)13(19)12(18)10(8)16/h1-4,7H,5H2. The first kappa shape index (κ1) is 14.9. The maximum Gasteiger partial charge on any atom is 0.200 e. The molecule has 0 radical (unpaired) electrons. The molecule has 0 aliphatic carbocycles. The molecule has 1 nitrogen and oxygen atoms in total. The van der Waals surface area contributed by atoms with Crippen LogP contribution in [-0.2, 0) is 6.42 Å². The number of benzene rings is 1. The molecule has 1 aromatic carbocycles. The van der Waals surface area contributed by atoms with Gasteiger partial charge in [0, 0.05) is 22.8 Å². The highest BCUT2D eigenvalue weighted by Crippen LogP contribution is 2.34. The fraction of sp³-hybridized carbons (Fsp3) is 0.154. The Labute approximate surface area is 119 Å². The Balaban J connectivity index is 2.42. The van der Waals surface area contributed by atoms with Gasteiger partial charge < -0.3 is 0 Å². The van der Waals surface area contributed by atoms with Gasteiger partial charge in [0.1, 0.15) is 0 Å². The molecule has 20 heavy (non-hydrogen) atoms. The molecule has 7 heteroatoms. The topological polar surface area (TPSA) is 12.9 Å². The van der Waals surface area contributed by atoms with Crippen molar-refractivity contribution in [2.45, 2.75) is 11.2 Å². The summed E-state index contributed by atoms with van der Waals surface area (Å²) >= 11 is 2.96. The van der Waals surface area contributed by atoms with Crippen molar-refractivity contribution in [2.75, 3.05) is 0 Å². The van der Waals surface area contributed by atoms with Gasteiger partial charge in [-0.05, 0) is 24.1 Å². The second-order valence-corrected chi connectivity index (χ2v) is 5.12. The molecule has 0 saturated heterocycles. The molecule has 0 N–H and O–H groups in total. The number of alkyl halides is 1. The molecule has 0 aliphatic heterocycles. The molecule has 1 unspecified atom stereocenters. The molecule has 2 aromatic rings. The van der Waals surface area contributed by atoms with E-state index in [1.165, 1.54) is 12.4 Å². The second kappa shape index (κ2) is 5.87. The van der Waals surface area contributed by atoms with Crippen molar-refractivity contribution < 1.29 is 22.0 Å². The van der Waals surface area contributed by atoms with Gasteiger partial charge in [0.05, 0.1) is 0 Å². The molecule has 0 bridgehead atoms. The van der Waals surface area contributed by atoms with Crippen LogP contribution < -0.4 is 0 Å². The number of pyridine rings is 1. The van der Waals surface area contributed by atoms with E-state index in [2.05, 4.69) is 20.9 Å². The van der Waals surface area contributed by atoms with Crippen LogP contribution in [0.25, 0.3) is 0 Å². The van der Waals surface area contributed by atoms with Gasteiger partial charge in [0.15, 0.2) is 23.3 Å². The highest BCUT2D eigenvalue weighted by Gasteiger charge is 2.29. The molecular weight excluding hydrogens is 345 g/mol. The van der Waals surface area contributed by atoms with E-state index in [0.29, 0.717) is 5.56 Å². The zero-order chi connectivity index (χ0) is 14.9. The van der Waals surface area contributed by atoms with Crippen LogP contribution in [0, 0.1) is 29.1 Å². The Kier molecular flexibility index (Phi) is 4.37. The van der Waals surface area contributed by atoms with E-state index in [1.54, 1.807) is 12.1 Å². The largest absolute Gasteiger partial charge is 0.265 e. The molecule has 0 spiro atoms. The van der Waals surface area contributed by atoms with E-state index in [0.717, 1.165) is 0 Å². The Morgan fingerprint density at radius 3 is 1.80 bits per heavy atom. The number of rotatable bonds is 3. The van der Waals surface area contributed by atoms with Crippen molar-refractivity contribution in [3.05, 3.63) is 64.7 Å². The second-order valence-electron chi connectivity index (χ2n) is 4.01. The normalized spacial score (nSPS) is 12.5. The highest BCUT2D eigenvalue weighted by atomic mass is 79.9. The molecular formula is C13H7BrF5N. The lowest BCUT2D eigenvalue weighted by atomic mass is 10.0. The summed E-state index contributed by atoms with van der Waals surface area (Å²) in [6, 6.07) is 3.17. The van der Waals surface area contributed by atoms with Crippen molar-refractivity contribution in [1.29, 1.82) is 0 Å². The lowest BCUT2D eigenvalue weighted by molar-refractivity contribution is 0.369. The zero-order valence-corrected chi connectivity index (χ0v) is 11.4. The average molecular weight is 352 g/mol. The van der Waals surface area contributed by atoms with Crippen LogP contribution in [0.3, 0.4) is 0 Å². The summed E-state index contributed by atoms with van der Waals surface area (Å²) in [6.45, 7) is 0. The monoisotopic (exact) mass is 351 g/mol. The minimum atomic E-state index is -2.16. The summed E-state index contributed by atoms with van der Waals surface area (Å²) in [7, 11) is 0. The van der Waals surface area contributed by atoms with E-state index in [4.69, 9.17) is 0 Å². The average Bonchev–Trinajstić information content (AvgIpc) is 2.44. The maximum absolute atomic E-state index is 13.6. The molecule has 0 saturated carbocycles. The van der Waals surface area contributed by atoms with Crippen molar-refractivity contribution in [3.63, 3.8) is 0 Å². The number of hydrogen-bond acceptors (Lipinski definition) is 1. The Morgan fingerprint density at radius 2 is 1.30 bits per heavy atom. The fourth-order valence-corrected chi connectivity index (χ4v) is 2.50. The smallest absolute Gasteiger partial charge is 0.200 e. The predicted molar refractivity (Wildman–Crippen MR) is 65.8 cm³/mol. The first-order valence-electron chi connectivity index (χ1n) is 5.47. The summed E-state index contributed by atoms with van der Waals surface area (Å²) in [5.74, 6) is -9.70. The van der Waals surface area contributed by atoms with Crippen LogP contribution in [0.5, 0.6) is 0 Å². The van der Waals surface area contributed by atoms with Crippen LogP contribution in [0.1, 0.15) is 16.0 Å². The quantitative estimate of drug-likeness (QED) is 0.344. The van der Waals surface area contributed by atoms with E-state index in [1.807, 2.05) is 0 Å². The summed E-state index contributed by atoms with van der Waals surface area (Å²) in [4.78, 5) is 2.72. The van der Waals surface area contributed by atoms with Crippen molar-refractivity contribution in [3.8, 4) is 0 Å². The Hall–Kier alpha value is -1.50. The van der Waals surface area contributed by atoms with Gasteiger partial charge in [-0.15, -0.1) is 0 Å². The van der Waals surface area contributed by atoms with E-state index in [9.17, 15) is 22.0 Å². The number of nitrogens with zero attached hydrogens (tertiary/aromatic N) is 1. The number of aromatic nitrogens is 1. The van der Waals surface area contributed by atoms with E-state index >= 15 is 0 Å². The molecule has 1 aromatic heterocycles. The summed E-state index contributed by atoms with van der Waals surface area (Å²) in [6.07, 6.45) is 2.99. The number of hydrogen-bond donors (Lipinski definition) is 0. The van der Waals surface area contributed by atoms with Crippen molar-refractivity contribution in [1.82, 2.24) is 4.98 Å². The van der Waals surface area contributed by atoms with Gasteiger partial charge >= 0.3 is 0 Å². The third kappa shape index (κ3) is 2.67. The summed E-state index contributed by atoms with van der Waals surface area (Å²) < 4.78 is 66.3. The van der Waals surface area contributed by atoms with Gasteiger partial charge in [-0.3, -0.25) is 4.98 Å². The Morgan fingerprint density at radius 1 is 0.850 bits per heavy atom. The van der Waals surface area contributed by atoms with Gasteiger partial charge in [-0.2, -0.15) is 0 Å². The van der Waals surface area contributed by atoms with Crippen molar-refractivity contribution >= 4 is 15.9 Å². The molecule has 0 amide bonds. The summed E-state index contributed by atoms with van der Waals surface area (Å²) in [5, 5.41) is 0. The number of halogens is 6. The van der Waals surface area contributed by atoms with Crippen LogP contribution >= 0.6 is 15.9 Å². The first-order valence-corrected chi connectivity index (χ1v) is 6.39. The minimum absolute atomic E-state index is 0.0564. The van der Waals surface area contributed by atoms with Gasteiger partial charge in [-0.1, -0.05) is 15.9 Å². The maximum atomic E-state index is 13.6. The molecule has 0 aliphatic rings. The minimum Gasteiger partial charge on any atom is -0.265 e. The van der Waals surface area contributed by atoms with E-state index < -0.39 is 39.5 Å². The molecule has 2 rings (SSSR count). The fourth-order valence-electron chi connectivity index (χ4n) is 1.72. The third-order valence-corrected chi connectivity index (χ3v) is 3.50. The van der Waals surface area contributed by atoms with Crippen LogP contribution in [-0.4, -0.2) is 4.98 Å². The predicted octanol–water partition coefficient (Wildman–Crippen LogP) is 4.46. The van der Waals surface area contributed by atoms with Gasteiger partial charge in [0.2, 0.25) is 5.82 Å². The lowest BCUT2D eigenvalue weighted by Gasteiger charge is -2.14. The van der Waals surface area contributed by atoms with Crippen LogP contribution in [0.2, 0.25) is 0 Å². The SMILES string of the molecule is Fc1c(F)c(F)c(C(Br)Cc2ccncc2)c(F)c1F. The zero-order valence-electron chi connectivity index (χ0n) is 9.81. The molecule has 1 atom stereocenters. The molecule has 106 valence electrons. The van der Waals surface area contributed by atoms with Crippen LogP contribution in [0.4, 0.5) is 22.0 Å². The van der Waals surface area contributed by atoms with Crippen LogP contribution in [0.15, 0.2) is 24.5 Å². The lowest BCUT2D eigenvalue weighted by Crippen LogP contribution is -2.10. The Bertz CT molecular complexity index is 603. The molecule has 0 fully saturated rings. The van der Waals surface area contributed by atoms with Gasteiger partial charge in [0.25, 0.3) is 0 Å². The summed E-state index contributed by atoms with van der Waals surface area (Å²) in [5.41, 5.74) is -0.232. The van der Waals surface area contributed by atoms with Crippen molar-refractivity contribution in [2.24, 2.45) is 0 Å². The highest BCUT2D eigenvalue weighted by molar-refractivity contribution is 9.09. The van der Waals surface area contributed by atoms with E-state index in [-0.39, 0.29) is 6.42 Å².